The van der Waals surface area contributed by atoms with Crippen LogP contribution in [0.2, 0.25) is 0 Å². The Morgan fingerprint density at radius 3 is 3.06 bits per heavy atom. The first-order valence-electron chi connectivity index (χ1n) is 6.64. The number of aromatic nitrogens is 1. The molecule has 2 heterocycles. The van der Waals surface area contributed by atoms with Crippen molar-refractivity contribution in [2.45, 2.75) is 25.4 Å². The highest BCUT2D eigenvalue weighted by Crippen LogP contribution is 2.30. The smallest absolute Gasteiger partial charge is 0.255 e. The number of ether oxygens (including phenoxy) is 1. The molecule has 1 saturated heterocycles. The molecule has 0 radical (unpaired) electrons. The van der Waals surface area contributed by atoms with Crippen LogP contribution in [0.25, 0.3) is 0 Å². The van der Waals surface area contributed by atoms with Gasteiger partial charge in [-0.1, -0.05) is 0 Å². The van der Waals surface area contributed by atoms with E-state index in [4.69, 9.17) is 4.74 Å². The van der Waals surface area contributed by atoms with Crippen LogP contribution in [-0.4, -0.2) is 41.6 Å². The number of carbonyl (C=O) groups is 1. The highest BCUT2D eigenvalue weighted by molar-refractivity contribution is 5.94. The van der Waals surface area contributed by atoms with Crippen LogP contribution >= 0.6 is 0 Å². The van der Waals surface area contributed by atoms with Gasteiger partial charge in [0.25, 0.3) is 5.91 Å². The Labute approximate surface area is 107 Å². The molecular formula is C14H18N2O2. The Morgan fingerprint density at radius 1 is 1.44 bits per heavy atom. The summed E-state index contributed by atoms with van der Waals surface area (Å²) >= 11 is 0. The first-order valence-corrected chi connectivity index (χ1v) is 6.64. The van der Waals surface area contributed by atoms with Gasteiger partial charge in [0.05, 0.1) is 11.7 Å². The van der Waals surface area contributed by atoms with E-state index < -0.39 is 0 Å². The summed E-state index contributed by atoms with van der Waals surface area (Å²) in [6, 6.07) is 3.61. The quantitative estimate of drug-likeness (QED) is 0.812. The normalized spacial score (nSPS) is 23.3. The number of pyridine rings is 1. The van der Waals surface area contributed by atoms with E-state index in [-0.39, 0.29) is 12.0 Å². The minimum absolute atomic E-state index is 0.0700. The summed E-state index contributed by atoms with van der Waals surface area (Å²) in [5.74, 6) is 0.855. The molecule has 3 rings (SSSR count). The van der Waals surface area contributed by atoms with Crippen LogP contribution in [0.4, 0.5) is 0 Å². The highest BCUT2D eigenvalue weighted by atomic mass is 16.5. The van der Waals surface area contributed by atoms with Crippen LogP contribution in [0, 0.1) is 5.92 Å². The number of carbonyl (C=O) groups excluding carboxylic acids is 1. The molecule has 0 aromatic carbocycles. The lowest BCUT2D eigenvalue weighted by molar-refractivity contribution is 0.0480. The van der Waals surface area contributed by atoms with E-state index in [0.29, 0.717) is 5.56 Å². The van der Waals surface area contributed by atoms with E-state index in [1.165, 1.54) is 12.8 Å². The Hall–Kier alpha value is -1.42. The van der Waals surface area contributed by atoms with Gasteiger partial charge in [0.1, 0.15) is 0 Å². The summed E-state index contributed by atoms with van der Waals surface area (Å²) in [5, 5.41) is 0. The second kappa shape index (κ2) is 5.06. The van der Waals surface area contributed by atoms with Crippen LogP contribution in [0.5, 0.6) is 0 Å². The molecular weight excluding hydrogens is 228 g/mol. The lowest BCUT2D eigenvalue weighted by Gasteiger charge is -2.16. The zero-order chi connectivity index (χ0) is 12.4. The van der Waals surface area contributed by atoms with E-state index in [1.54, 1.807) is 18.5 Å². The SMILES string of the molecule is O=C(c1cccnc1)N1CCC(OCC2CC2)C1. The first kappa shape index (κ1) is 11.7. The monoisotopic (exact) mass is 246 g/mol. The van der Waals surface area contributed by atoms with Crippen molar-refractivity contribution in [1.82, 2.24) is 9.88 Å². The van der Waals surface area contributed by atoms with Gasteiger partial charge < -0.3 is 9.64 Å². The number of nitrogens with zero attached hydrogens (tertiary/aromatic N) is 2. The van der Waals surface area contributed by atoms with Crippen LogP contribution in [0.3, 0.4) is 0 Å². The van der Waals surface area contributed by atoms with Gasteiger partial charge in [-0.05, 0) is 37.3 Å². The van der Waals surface area contributed by atoms with E-state index in [9.17, 15) is 4.79 Å². The standard InChI is InChI=1S/C14H18N2O2/c17-14(12-2-1-6-15-8-12)16-7-5-13(9-16)18-10-11-3-4-11/h1-2,6,8,11,13H,3-5,7,9-10H2. The number of amides is 1. The maximum Gasteiger partial charge on any atom is 0.255 e. The first-order chi connectivity index (χ1) is 8.83. The van der Waals surface area contributed by atoms with Gasteiger partial charge in [-0.3, -0.25) is 9.78 Å². The van der Waals surface area contributed by atoms with E-state index >= 15 is 0 Å². The average molecular weight is 246 g/mol. The van der Waals surface area contributed by atoms with Gasteiger partial charge in [0.15, 0.2) is 0 Å². The summed E-state index contributed by atoms with van der Waals surface area (Å²) in [6.45, 7) is 2.39. The molecule has 0 N–H and O–H groups in total. The summed E-state index contributed by atoms with van der Waals surface area (Å²) in [7, 11) is 0. The molecule has 0 spiro atoms. The molecule has 1 amide bonds. The van der Waals surface area contributed by atoms with Crippen LogP contribution in [0.1, 0.15) is 29.6 Å². The van der Waals surface area contributed by atoms with Crippen molar-refractivity contribution in [2.75, 3.05) is 19.7 Å². The van der Waals surface area contributed by atoms with Gasteiger partial charge in [-0.2, -0.15) is 0 Å². The Kier molecular flexibility index (Phi) is 3.28. The maximum absolute atomic E-state index is 12.2. The van der Waals surface area contributed by atoms with Crippen molar-refractivity contribution >= 4 is 5.91 Å². The molecule has 1 atom stereocenters. The lowest BCUT2D eigenvalue weighted by Crippen LogP contribution is -2.30. The second-order valence-corrected chi connectivity index (χ2v) is 5.18. The Morgan fingerprint density at radius 2 is 2.33 bits per heavy atom. The van der Waals surface area contributed by atoms with Crippen LogP contribution < -0.4 is 0 Å². The fourth-order valence-corrected chi connectivity index (χ4v) is 2.28. The van der Waals surface area contributed by atoms with Crippen LogP contribution in [0.15, 0.2) is 24.5 Å². The van der Waals surface area contributed by atoms with Crippen molar-refractivity contribution in [1.29, 1.82) is 0 Å². The van der Waals surface area contributed by atoms with Crippen molar-refractivity contribution in [3.8, 4) is 0 Å². The third-order valence-corrected chi connectivity index (χ3v) is 3.61. The predicted molar refractivity (Wildman–Crippen MR) is 67.2 cm³/mol. The lowest BCUT2D eigenvalue weighted by atomic mass is 10.2. The third kappa shape index (κ3) is 2.70. The molecule has 0 bridgehead atoms. The minimum atomic E-state index is 0.0700. The third-order valence-electron chi connectivity index (χ3n) is 3.61. The number of rotatable bonds is 4. The van der Waals surface area contributed by atoms with E-state index in [1.807, 2.05) is 11.0 Å². The fourth-order valence-electron chi connectivity index (χ4n) is 2.28. The summed E-state index contributed by atoms with van der Waals surface area (Å²) < 4.78 is 5.83. The molecule has 96 valence electrons. The van der Waals surface area contributed by atoms with Gasteiger partial charge in [0, 0.05) is 32.1 Å². The molecule has 2 aliphatic rings. The van der Waals surface area contributed by atoms with Crippen molar-refractivity contribution in [3.63, 3.8) is 0 Å². The number of likely N-dealkylation sites (tertiary alicyclic amines) is 1. The van der Waals surface area contributed by atoms with Crippen LogP contribution in [-0.2, 0) is 4.74 Å². The Bertz CT molecular complexity index is 417. The van der Waals surface area contributed by atoms with Crippen molar-refractivity contribution < 1.29 is 9.53 Å². The summed E-state index contributed by atoms with van der Waals surface area (Å²) in [5.41, 5.74) is 0.667. The van der Waals surface area contributed by atoms with Gasteiger partial charge in [0.2, 0.25) is 0 Å². The molecule has 4 nitrogen and oxygen atoms in total. The van der Waals surface area contributed by atoms with Crippen molar-refractivity contribution in [3.05, 3.63) is 30.1 Å². The topological polar surface area (TPSA) is 42.4 Å². The molecule has 1 saturated carbocycles. The minimum Gasteiger partial charge on any atom is -0.376 e. The fraction of sp³-hybridized carbons (Fsp3) is 0.571. The molecule has 4 heteroatoms. The average Bonchev–Trinajstić information content (AvgIpc) is 3.14. The molecule has 18 heavy (non-hydrogen) atoms. The van der Waals surface area contributed by atoms with Gasteiger partial charge in [-0.25, -0.2) is 0 Å². The second-order valence-electron chi connectivity index (χ2n) is 5.18. The highest BCUT2D eigenvalue weighted by Gasteiger charge is 2.29. The van der Waals surface area contributed by atoms with Gasteiger partial charge >= 0.3 is 0 Å². The molecule has 1 unspecified atom stereocenters. The molecule has 1 aromatic rings. The molecule has 2 fully saturated rings. The summed E-state index contributed by atoms with van der Waals surface area (Å²) in [4.78, 5) is 18.0. The molecule has 1 aliphatic heterocycles. The largest absolute Gasteiger partial charge is 0.376 e. The van der Waals surface area contributed by atoms with E-state index in [0.717, 1.165) is 32.0 Å². The predicted octanol–water partition coefficient (Wildman–Crippen LogP) is 1.72. The van der Waals surface area contributed by atoms with Crippen molar-refractivity contribution in [2.24, 2.45) is 5.92 Å². The summed E-state index contributed by atoms with van der Waals surface area (Å²) in [6.07, 6.45) is 7.11. The van der Waals surface area contributed by atoms with E-state index in [2.05, 4.69) is 4.98 Å². The molecule has 1 aliphatic carbocycles. The number of hydrogen-bond donors (Lipinski definition) is 0. The van der Waals surface area contributed by atoms with Gasteiger partial charge in [-0.15, -0.1) is 0 Å². The Balaban J connectivity index is 1.53. The zero-order valence-corrected chi connectivity index (χ0v) is 10.4. The number of hydrogen-bond acceptors (Lipinski definition) is 3. The maximum atomic E-state index is 12.2. The molecule has 1 aromatic heterocycles. The zero-order valence-electron chi connectivity index (χ0n) is 10.4.